The maximum atomic E-state index is 12.0. The van der Waals surface area contributed by atoms with E-state index in [-0.39, 0.29) is 17.9 Å². The number of nitrogens with two attached hydrogens (primary N) is 1. The van der Waals surface area contributed by atoms with Crippen LogP contribution in [0, 0.1) is 0 Å². The highest BCUT2D eigenvalue weighted by atomic mass is 79.9. The molecule has 0 aliphatic rings. The highest BCUT2D eigenvalue weighted by molar-refractivity contribution is 9.10. The summed E-state index contributed by atoms with van der Waals surface area (Å²) in [6, 6.07) is 2.03. The molecule has 19 heavy (non-hydrogen) atoms. The van der Waals surface area contributed by atoms with Crippen molar-refractivity contribution in [3.8, 4) is 0 Å². The topological polar surface area (TPSA) is 77.1 Å². The molecule has 5 nitrogen and oxygen atoms in total. The third-order valence-corrected chi connectivity index (χ3v) is 3.17. The van der Waals surface area contributed by atoms with Gasteiger partial charge in [0, 0.05) is 29.7 Å². The molecule has 0 atom stereocenters. The molecule has 1 rings (SSSR count). The highest BCUT2D eigenvalue weighted by Crippen LogP contribution is 2.19. The van der Waals surface area contributed by atoms with Crippen LogP contribution in [-0.4, -0.2) is 22.9 Å². The molecule has 0 bridgehead atoms. The molecule has 0 aromatic carbocycles. The molecule has 0 radical (unpaired) electrons. The fourth-order valence-corrected chi connectivity index (χ4v) is 2.21. The first-order chi connectivity index (χ1) is 8.91. The largest absolute Gasteiger partial charge is 0.370 e. The van der Waals surface area contributed by atoms with Crippen LogP contribution in [0.15, 0.2) is 16.7 Å². The number of halogens is 1. The van der Waals surface area contributed by atoms with E-state index in [1.54, 1.807) is 6.07 Å². The number of hydrogen-bond donors (Lipinski definition) is 2. The lowest BCUT2D eigenvalue weighted by Gasteiger charge is -2.12. The van der Waals surface area contributed by atoms with Gasteiger partial charge in [-0.2, -0.15) is 0 Å². The summed E-state index contributed by atoms with van der Waals surface area (Å²) >= 11 is 3.38. The zero-order valence-corrected chi connectivity index (χ0v) is 12.9. The Balaban J connectivity index is 2.47. The van der Waals surface area contributed by atoms with Gasteiger partial charge in [0.15, 0.2) is 0 Å². The summed E-state index contributed by atoms with van der Waals surface area (Å²) in [7, 11) is 0. The second-order valence-corrected chi connectivity index (χ2v) is 5.64. The first-order valence-corrected chi connectivity index (χ1v) is 7.15. The van der Waals surface area contributed by atoms with Crippen molar-refractivity contribution in [2.45, 2.75) is 39.2 Å². The summed E-state index contributed by atoms with van der Waals surface area (Å²) in [6.07, 6.45) is 3.71. The van der Waals surface area contributed by atoms with E-state index in [0.29, 0.717) is 25.1 Å². The third kappa shape index (κ3) is 5.06. The summed E-state index contributed by atoms with van der Waals surface area (Å²) in [6.45, 7) is 4.60. The van der Waals surface area contributed by atoms with Crippen molar-refractivity contribution in [1.82, 2.24) is 9.88 Å². The molecule has 3 N–H and O–H groups in total. The molecule has 106 valence electrons. The zero-order chi connectivity index (χ0) is 14.4. The number of nitrogens with zero attached hydrogens (tertiary/aromatic N) is 1. The van der Waals surface area contributed by atoms with E-state index in [0.717, 1.165) is 10.9 Å². The first kappa shape index (κ1) is 15.8. The van der Waals surface area contributed by atoms with Crippen LogP contribution in [0.4, 0.5) is 0 Å². The van der Waals surface area contributed by atoms with Gasteiger partial charge >= 0.3 is 0 Å². The van der Waals surface area contributed by atoms with E-state index in [1.165, 1.54) is 0 Å². The Hall–Kier alpha value is -1.30. The molecule has 0 saturated heterocycles. The van der Waals surface area contributed by atoms with Crippen molar-refractivity contribution < 1.29 is 9.59 Å². The van der Waals surface area contributed by atoms with Crippen LogP contribution in [0.3, 0.4) is 0 Å². The van der Waals surface area contributed by atoms with Crippen LogP contribution in [0.5, 0.6) is 0 Å². The molecule has 1 aromatic rings. The fourth-order valence-electron chi connectivity index (χ4n) is 1.77. The number of carbonyl (C=O) groups is 2. The minimum atomic E-state index is -0.302. The number of amides is 2. The third-order valence-electron chi connectivity index (χ3n) is 2.74. The number of primary amides is 1. The van der Waals surface area contributed by atoms with Crippen LogP contribution >= 0.6 is 15.9 Å². The molecule has 2 amide bonds. The van der Waals surface area contributed by atoms with Gasteiger partial charge in [0.2, 0.25) is 5.91 Å². The molecule has 0 spiro atoms. The van der Waals surface area contributed by atoms with E-state index in [2.05, 4.69) is 21.2 Å². The van der Waals surface area contributed by atoms with E-state index >= 15 is 0 Å². The van der Waals surface area contributed by atoms with E-state index in [1.807, 2.05) is 24.6 Å². The van der Waals surface area contributed by atoms with Crippen molar-refractivity contribution in [1.29, 1.82) is 0 Å². The average molecular weight is 330 g/mol. The molecule has 1 aromatic heterocycles. The molecule has 6 heteroatoms. The first-order valence-electron chi connectivity index (χ1n) is 6.35. The Bertz CT molecular complexity index is 455. The van der Waals surface area contributed by atoms with Crippen molar-refractivity contribution in [3.63, 3.8) is 0 Å². The minimum Gasteiger partial charge on any atom is -0.370 e. The van der Waals surface area contributed by atoms with Crippen LogP contribution in [0.25, 0.3) is 0 Å². The quantitative estimate of drug-likeness (QED) is 0.752. The smallest absolute Gasteiger partial charge is 0.267 e. The van der Waals surface area contributed by atoms with Crippen LogP contribution in [-0.2, 0) is 4.79 Å². The maximum absolute atomic E-state index is 12.0. The fraction of sp³-hybridized carbons (Fsp3) is 0.538. The Morgan fingerprint density at radius 3 is 2.68 bits per heavy atom. The van der Waals surface area contributed by atoms with Crippen LogP contribution in [0.1, 0.15) is 49.6 Å². The number of carbonyl (C=O) groups excluding carboxylic acids is 2. The SMILES string of the molecule is CC(C)n1cc(Br)cc1C(=O)NCCCCC(N)=O. The molecule has 0 aliphatic carbocycles. The van der Waals surface area contributed by atoms with Gasteiger partial charge in [-0.05, 0) is 48.7 Å². The minimum absolute atomic E-state index is 0.0986. The van der Waals surface area contributed by atoms with Crippen LogP contribution < -0.4 is 11.1 Å². The summed E-state index contributed by atoms with van der Waals surface area (Å²) < 4.78 is 2.81. The molecule has 0 aliphatic heterocycles. The van der Waals surface area contributed by atoms with E-state index in [9.17, 15) is 9.59 Å². The van der Waals surface area contributed by atoms with Gasteiger partial charge in [0.25, 0.3) is 5.91 Å². The molecule has 1 heterocycles. The van der Waals surface area contributed by atoms with Gasteiger partial charge in [-0.3, -0.25) is 9.59 Å². The maximum Gasteiger partial charge on any atom is 0.267 e. The Morgan fingerprint density at radius 2 is 2.11 bits per heavy atom. The standard InChI is InChI=1S/C13H20BrN3O2/c1-9(2)17-8-10(14)7-11(17)13(19)16-6-4-3-5-12(15)18/h7-9H,3-6H2,1-2H3,(H2,15,18)(H,16,19). The summed E-state index contributed by atoms with van der Waals surface area (Å²) in [5.74, 6) is -0.401. The van der Waals surface area contributed by atoms with E-state index in [4.69, 9.17) is 5.73 Å². The normalized spacial score (nSPS) is 10.7. The second-order valence-electron chi connectivity index (χ2n) is 4.72. The van der Waals surface area contributed by atoms with Gasteiger partial charge < -0.3 is 15.6 Å². The highest BCUT2D eigenvalue weighted by Gasteiger charge is 2.14. The lowest BCUT2D eigenvalue weighted by atomic mass is 10.2. The molecule has 0 unspecified atom stereocenters. The Morgan fingerprint density at radius 1 is 1.42 bits per heavy atom. The zero-order valence-electron chi connectivity index (χ0n) is 11.3. The van der Waals surface area contributed by atoms with Gasteiger partial charge in [-0.1, -0.05) is 0 Å². The summed E-state index contributed by atoms with van der Waals surface area (Å²) in [4.78, 5) is 22.6. The Labute approximate surface area is 121 Å². The summed E-state index contributed by atoms with van der Waals surface area (Å²) in [5, 5.41) is 2.85. The Kier molecular flexibility index (Phi) is 6.08. The average Bonchev–Trinajstić information content (AvgIpc) is 2.70. The monoisotopic (exact) mass is 329 g/mol. The van der Waals surface area contributed by atoms with Crippen molar-refractivity contribution in [2.24, 2.45) is 5.73 Å². The summed E-state index contributed by atoms with van der Waals surface area (Å²) in [5.41, 5.74) is 5.68. The number of unbranched alkanes of at least 4 members (excludes halogenated alkanes) is 1. The van der Waals surface area contributed by atoms with Gasteiger partial charge in [0.1, 0.15) is 5.69 Å². The number of nitrogens with one attached hydrogen (secondary N) is 1. The lowest BCUT2D eigenvalue weighted by Crippen LogP contribution is -2.27. The van der Waals surface area contributed by atoms with E-state index < -0.39 is 0 Å². The number of aromatic nitrogens is 1. The van der Waals surface area contributed by atoms with Crippen molar-refractivity contribution >= 4 is 27.7 Å². The van der Waals surface area contributed by atoms with Gasteiger partial charge in [0.05, 0.1) is 0 Å². The van der Waals surface area contributed by atoms with Gasteiger partial charge in [-0.25, -0.2) is 0 Å². The lowest BCUT2D eigenvalue weighted by molar-refractivity contribution is -0.118. The number of rotatable bonds is 7. The molecular weight excluding hydrogens is 310 g/mol. The van der Waals surface area contributed by atoms with Crippen molar-refractivity contribution in [2.75, 3.05) is 6.54 Å². The van der Waals surface area contributed by atoms with Crippen LogP contribution in [0.2, 0.25) is 0 Å². The molecule has 0 fully saturated rings. The number of hydrogen-bond acceptors (Lipinski definition) is 2. The van der Waals surface area contributed by atoms with Gasteiger partial charge in [-0.15, -0.1) is 0 Å². The predicted octanol–water partition coefficient (Wildman–Crippen LogP) is 2.22. The molecule has 0 saturated carbocycles. The second kappa shape index (κ2) is 7.33. The molecular formula is C13H20BrN3O2. The van der Waals surface area contributed by atoms with Crippen molar-refractivity contribution in [3.05, 3.63) is 22.4 Å². The predicted molar refractivity (Wildman–Crippen MR) is 77.9 cm³/mol.